The predicted octanol–water partition coefficient (Wildman–Crippen LogP) is 1.05. The molecule has 0 N–H and O–H groups in total. The summed E-state index contributed by atoms with van der Waals surface area (Å²) in [7, 11) is 0. The molecule has 1 aliphatic carbocycles. The lowest BCUT2D eigenvalue weighted by molar-refractivity contribution is -0.135. The van der Waals surface area contributed by atoms with Crippen LogP contribution >= 0.6 is 12.4 Å². The van der Waals surface area contributed by atoms with E-state index < -0.39 is 0 Å². The van der Waals surface area contributed by atoms with E-state index in [1.165, 1.54) is 19.3 Å². The fourth-order valence-electron chi connectivity index (χ4n) is 1.88. The normalized spacial score (nSPS) is 26.2. The van der Waals surface area contributed by atoms with Gasteiger partial charge in [-0.05, 0) is 12.8 Å². The number of nitrogens with zero attached hydrogens (tertiary/aromatic N) is 1. The van der Waals surface area contributed by atoms with E-state index in [-0.39, 0.29) is 12.4 Å². The van der Waals surface area contributed by atoms with Gasteiger partial charge in [0.2, 0.25) is 6.41 Å². The number of carbonyl (C=O) groups is 1. The van der Waals surface area contributed by atoms with Crippen molar-refractivity contribution in [1.29, 1.82) is 0 Å². The minimum Gasteiger partial charge on any atom is -0.344 e. The molecule has 0 atom stereocenters. The summed E-state index contributed by atoms with van der Waals surface area (Å²) >= 11 is 0. The first-order valence-corrected chi connectivity index (χ1v) is 3.54. The van der Waals surface area contributed by atoms with Crippen LogP contribution in [0.2, 0.25) is 0 Å². The van der Waals surface area contributed by atoms with Crippen LogP contribution in [-0.2, 0) is 4.79 Å². The highest BCUT2D eigenvalue weighted by Crippen LogP contribution is 2.47. The molecular formula is C7H12ClNO. The number of carbonyl (C=O) groups excluding carboxylic acids is 1. The Labute approximate surface area is 67.0 Å². The smallest absolute Gasteiger partial charge is 0.209 e. The molecule has 1 heterocycles. The van der Waals surface area contributed by atoms with Gasteiger partial charge in [-0.1, -0.05) is 6.42 Å². The Balaban J connectivity index is 0.000000500. The van der Waals surface area contributed by atoms with E-state index in [4.69, 9.17) is 0 Å². The van der Waals surface area contributed by atoms with Gasteiger partial charge in [0.05, 0.1) is 0 Å². The lowest BCUT2D eigenvalue weighted by Crippen LogP contribution is -2.58. The Morgan fingerprint density at radius 1 is 1.30 bits per heavy atom. The zero-order chi connectivity index (χ0) is 6.32. The molecule has 0 aromatic rings. The zero-order valence-corrected chi connectivity index (χ0v) is 6.69. The van der Waals surface area contributed by atoms with Crippen molar-refractivity contribution in [2.45, 2.75) is 19.3 Å². The fraction of sp³-hybridized carbons (Fsp3) is 0.857. The molecule has 0 unspecified atom stereocenters. The molecule has 1 aliphatic heterocycles. The minimum absolute atomic E-state index is 0. The molecule has 2 aliphatic rings. The molecule has 1 spiro atoms. The van der Waals surface area contributed by atoms with Crippen LogP contribution < -0.4 is 0 Å². The van der Waals surface area contributed by atoms with E-state index in [2.05, 4.69) is 0 Å². The lowest BCUT2D eigenvalue weighted by atomic mass is 9.64. The summed E-state index contributed by atoms with van der Waals surface area (Å²) in [5.41, 5.74) is 0.612. The van der Waals surface area contributed by atoms with Gasteiger partial charge in [0.25, 0.3) is 0 Å². The summed E-state index contributed by atoms with van der Waals surface area (Å²) in [5.74, 6) is 0. The highest BCUT2D eigenvalue weighted by atomic mass is 35.5. The van der Waals surface area contributed by atoms with Crippen molar-refractivity contribution in [3.8, 4) is 0 Å². The standard InChI is InChI=1S/C7H11NO.ClH/c9-6-8-4-7(5-8)2-1-3-7;/h6H,1-5H2;1H. The van der Waals surface area contributed by atoms with Crippen molar-refractivity contribution in [2.75, 3.05) is 13.1 Å². The minimum atomic E-state index is 0. The van der Waals surface area contributed by atoms with E-state index >= 15 is 0 Å². The van der Waals surface area contributed by atoms with Gasteiger partial charge in [0, 0.05) is 18.5 Å². The second-order valence-corrected chi connectivity index (χ2v) is 3.36. The van der Waals surface area contributed by atoms with Crippen molar-refractivity contribution < 1.29 is 4.79 Å². The highest BCUT2D eigenvalue weighted by molar-refractivity contribution is 5.85. The topological polar surface area (TPSA) is 20.3 Å². The molecule has 1 saturated heterocycles. The van der Waals surface area contributed by atoms with Gasteiger partial charge in [0.1, 0.15) is 0 Å². The summed E-state index contributed by atoms with van der Waals surface area (Å²) < 4.78 is 0. The number of amides is 1. The molecule has 3 heteroatoms. The van der Waals surface area contributed by atoms with Crippen molar-refractivity contribution in [3.05, 3.63) is 0 Å². The maximum atomic E-state index is 10.1. The zero-order valence-electron chi connectivity index (χ0n) is 5.88. The van der Waals surface area contributed by atoms with Gasteiger partial charge in [-0.15, -0.1) is 12.4 Å². The molecule has 2 nitrogen and oxygen atoms in total. The number of halogens is 1. The maximum Gasteiger partial charge on any atom is 0.209 e. The van der Waals surface area contributed by atoms with E-state index in [0.29, 0.717) is 5.41 Å². The van der Waals surface area contributed by atoms with Gasteiger partial charge in [-0.3, -0.25) is 4.79 Å². The maximum absolute atomic E-state index is 10.1. The molecule has 2 rings (SSSR count). The van der Waals surface area contributed by atoms with E-state index in [0.717, 1.165) is 19.5 Å². The largest absolute Gasteiger partial charge is 0.344 e. The quantitative estimate of drug-likeness (QED) is 0.527. The lowest BCUT2D eigenvalue weighted by Gasteiger charge is -2.54. The monoisotopic (exact) mass is 161 g/mol. The predicted molar refractivity (Wildman–Crippen MR) is 41.2 cm³/mol. The summed E-state index contributed by atoms with van der Waals surface area (Å²) in [6.07, 6.45) is 5.06. The SMILES string of the molecule is Cl.O=CN1CC2(CCC2)C1. The second-order valence-electron chi connectivity index (χ2n) is 3.36. The van der Waals surface area contributed by atoms with Crippen molar-refractivity contribution in [2.24, 2.45) is 5.41 Å². The Hall–Kier alpha value is -0.240. The number of hydrogen-bond donors (Lipinski definition) is 0. The molecule has 0 aromatic carbocycles. The summed E-state index contributed by atoms with van der Waals surface area (Å²) in [6, 6.07) is 0. The first kappa shape index (κ1) is 7.86. The van der Waals surface area contributed by atoms with Crippen LogP contribution in [0.1, 0.15) is 19.3 Å². The van der Waals surface area contributed by atoms with Crippen molar-refractivity contribution >= 4 is 18.8 Å². The molecule has 0 aromatic heterocycles. The van der Waals surface area contributed by atoms with Gasteiger partial charge < -0.3 is 4.90 Å². The van der Waals surface area contributed by atoms with Crippen molar-refractivity contribution in [3.63, 3.8) is 0 Å². The van der Waals surface area contributed by atoms with Gasteiger partial charge in [-0.25, -0.2) is 0 Å². The second kappa shape index (κ2) is 2.42. The van der Waals surface area contributed by atoms with E-state index in [1.807, 2.05) is 4.90 Å². The van der Waals surface area contributed by atoms with Crippen LogP contribution in [0.5, 0.6) is 0 Å². The average Bonchev–Trinajstić information content (AvgIpc) is 1.59. The third kappa shape index (κ3) is 0.908. The van der Waals surface area contributed by atoms with E-state index in [1.54, 1.807) is 0 Å². The third-order valence-electron chi connectivity index (χ3n) is 2.64. The summed E-state index contributed by atoms with van der Waals surface area (Å²) in [4.78, 5) is 12.0. The Bertz CT molecular complexity index is 137. The first-order chi connectivity index (χ1) is 4.35. The van der Waals surface area contributed by atoms with Gasteiger partial charge in [0.15, 0.2) is 0 Å². The summed E-state index contributed by atoms with van der Waals surface area (Å²) in [6.45, 7) is 2.08. The number of hydrogen-bond acceptors (Lipinski definition) is 1. The van der Waals surface area contributed by atoms with Crippen LogP contribution in [0.4, 0.5) is 0 Å². The summed E-state index contributed by atoms with van der Waals surface area (Å²) in [5, 5.41) is 0. The van der Waals surface area contributed by atoms with Gasteiger partial charge in [-0.2, -0.15) is 0 Å². The van der Waals surface area contributed by atoms with Crippen LogP contribution in [0, 0.1) is 5.41 Å². The van der Waals surface area contributed by atoms with E-state index in [9.17, 15) is 4.79 Å². The first-order valence-electron chi connectivity index (χ1n) is 3.54. The van der Waals surface area contributed by atoms with Gasteiger partial charge >= 0.3 is 0 Å². The molecule has 1 saturated carbocycles. The van der Waals surface area contributed by atoms with Crippen LogP contribution in [0.15, 0.2) is 0 Å². The molecule has 2 fully saturated rings. The molecule has 1 amide bonds. The molecule has 0 radical (unpaired) electrons. The van der Waals surface area contributed by atoms with Crippen LogP contribution in [0.3, 0.4) is 0 Å². The molecule has 10 heavy (non-hydrogen) atoms. The van der Waals surface area contributed by atoms with Crippen LogP contribution in [-0.4, -0.2) is 24.4 Å². The average molecular weight is 162 g/mol. The molecule has 58 valence electrons. The fourth-order valence-corrected chi connectivity index (χ4v) is 1.88. The third-order valence-corrected chi connectivity index (χ3v) is 2.64. The van der Waals surface area contributed by atoms with Crippen LogP contribution in [0.25, 0.3) is 0 Å². The Morgan fingerprint density at radius 2 is 1.90 bits per heavy atom. The molecular weight excluding hydrogens is 150 g/mol. The Morgan fingerprint density at radius 3 is 2.20 bits per heavy atom. The number of rotatable bonds is 1. The number of likely N-dealkylation sites (tertiary alicyclic amines) is 1. The Kier molecular flexibility index (Phi) is 1.90. The molecule has 0 bridgehead atoms. The van der Waals surface area contributed by atoms with Crippen molar-refractivity contribution in [1.82, 2.24) is 4.90 Å². The highest BCUT2D eigenvalue weighted by Gasteiger charge is 2.46.